The average molecular weight is 348 g/mol. The smallest absolute Gasteiger partial charge is 0.150 e. The molecule has 1 atom stereocenters. The van der Waals surface area contributed by atoms with Crippen LogP contribution in [0.4, 0.5) is 0 Å². The zero-order valence-electron chi connectivity index (χ0n) is 16.0. The maximum Gasteiger partial charge on any atom is 0.150 e. The highest BCUT2D eigenvalue weighted by molar-refractivity contribution is 5.76. The second kappa shape index (κ2) is 11.8. The molecule has 0 aliphatic heterocycles. The Hall–Kier alpha value is -2.71. The number of hydrogen-bond donors (Lipinski definition) is 1. The predicted molar refractivity (Wildman–Crippen MR) is 110 cm³/mol. The fourth-order valence-electron chi connectivity index (χ4n) is 2.31. The third-order valence-electron chi connectivity index (χ3n) is 3.89. The molecule has 2 heteroatoms. The molecule has 1 N–H and O–H groups in total. The van der Waals surface area contributed by atoms with Crippen LogP contribution in [0.25, 0.3) is 0 Å². The Balaban J connectivity index is 0.000000198. The standard InChI is InChI=1S/C9H12O.C8H8O.C7H8/c1-7-5-3-4-6-9(7)8(2)10;1-7-4-2-3-5-8(7)6-9;1-7-5-3-2-4-6-7/h3-6,8,10H,1-2H3;2-6H,1H3;2-6H,1H3. The minimum Gasteiger partial charge on any atom is -0.389 e. The maximum absolute atomic E-state index is 10.2. The Morgan fingerprint density at radius 1 is 0.731 bits per heavy atom. The van der Waals surface area contributed by atoms with E-state index < -0.39 is 0 Å². The van der Waals surface area contributed by atoms with Gasteiger partial charge in [0.15, 0.2) is 0 Å². The van der Waals surface area contributed by atoms with Crippen LogP contribution in [0.15, 0.2) is 78.9 Å². The van der Waals surface area contributed by atoms with E-state index >= 15 is 0 Å². The summed E-state index contributed by atoms with van der Waals surface area (Å²) in [5.74, 6) is 0. The van der Waals surface area contributed by atoms with Crippen molar-refractivity contribution in [2.24, 2.45) is 0 Å². The Bertz CT molecular complexity index is 777. The number of rotatable bonds is 2. The van der Waals surface area contributed by atoms with Gasteiger partial charge in [0.05, 0.1) is 6.10 Å². The molecule has 0 spiro atoms. The third kappa shape index (κ3) is 7.91. The molecular weight excluding hydrogens is 320 g/mol. The molecule has 136 valence electrons. The van der Waals surface area contributed by atoms with Gasteiger partial charge in [-0.3, -0.25) is 4.79 Å². The van der Waals surface area contributed by atoms with Crippen molar-refractivity contribution >= 4 is 6.29 Å². The van der Waals surface area contributed by atoms with Crippen molar-refractivity contribution in [2.45, 2.75) is 33.8 Å². The van der Waals surface area contributed by atoms with E-state index in [9.17, 15) is 9.90 Å². The number of carbonyl (C=O) groups excluding carboxylic acids is 1. The highest BCUT2D eigenvalue weighted by Crippen LogP contribution is 2.15. The van der Waals surface area contributed by atoms with E-state index in [1.165, 1.54) is 5.56 Å². The molecule has 3 rings (SSSR count). The highest BCUT2D eigenvalue weighted by Gasteiger charge is 2.01. The summed E-state index contributed by atoms with van der Waals surface area (Å²) in [5.41, 5.74) is 5.30. The molecule has 0 bridgehead atoms. The van der Waals surface area contributed by atoms with E-state index in [0.29, 0.717) is 0 Å². The molecule has 0 aliphatic carbocycles. The minimum atomic E-state index is -0.346. The lowest BCUT2D eigenvalue weighted by Gasteiger charge is -2.06. The molecule has 3 aromatic rings. The summed E-state index contributed by atoms with van der Waals surface area (Å²) in [7, 11) is 0. The lowest BCUT2D eigenvalue weighted by molar-refractivity contribution is 0.112. The second-order valence-corrected chi connectivity index (χ2v) is 6.16. The molecule has 0 saturated carbocycles. The summed E-state index contributed by atoms with van der Waals surface area (Å²) >= 11 is 0. The summed E-state index contributed by atoms with van der Waals surface area (Å²) < 4.78 is 0. The van der Waals surface area contributed by atoms with Gasteiger partial charge < -0.3 is 5.11 Å². The first-order valence-corrected chi connectivity index (χ1v) is 8.71. The van der Waals surface area contributed by atoms with Gasteiger partial charge in [0.1, 0.15) is 6.29 Å². The van der Waals surface area contributed by atoms with Crippen LogP contribution in [0.1, 0.15) is 45.6 Å². The van der Waals surface area contributed by atoms with Crippen LogP contribution in [-0.4, -0.2) is 11.4 Å². The molecule has 0 saturated heterocycles. The molecule has 2 nitrogen and oxygen atoms in total. The van der Waals surface area contributed by atoms with E-state index in [2.05, 4.69) is 19.1 Å². The van der Waals surface area contributed by atoms with Crippen LogP contribution in [0, 0.1) is 20.8 Å². The first-order chi connectivity index (χ1) is 12.5. The summed E-state index contributed by atoms with van der Waals surface area (Å²) in [5, 5.41) is 9.20. The number of hydrogen-bond acceptors (Lipinski definition) is 2. The molecule has 0 fully saturated rings. The normalized spacial score (nSPS) is 10.5. The van der Waals surface area contributed by atoms with Gasteiger partial charge in [-0.25, -0.2) is 0 Å². The molecule has 0 amide bonds. The van der Waals surface area contributed by atoms with Crippen LogP contribution in [0.5, 0.6) is 0 Å². The summed E-state index contributed by atoms with van der Waals surface area (Å²) in [4.78, 5) is 10.2. The molecule has 3 aromatic carbocycles. The zero-order chi connectivity index (χ0) is 19.4. The predicted octanol–water partition coefficient (Wildman–Crippen LogP) is 5.85. The summed E-state index contributed by atoms with van der Waals surface area (Å²) in [6.45, 7) is 7.79. The van der Waals surface area contributed by atoms with E-state index in [1.54, 1.807) is 6.92 Å². The van der Waals surface area contributed by atoms with Crippen LogP contribution in [0.2, 0.25) is 0 Å². The van der Waals surface area contributed by atoms with Gasteiger partial charge in [0.25, 0.3) is 0 Å². The Morgan fingerprint density at radius 3 is 1.58 bits per heavy atom. The van der Waals surface area contributed by atoms with Crippen LogP contribution in [-0.2, 0) is 0 Å². The maximum atomic E-state index is 10.2. The number of aldehydes is 1. The summed E-state index contributed by atoms with van der Waals surface area (Å²) in [6.07, 6.45) is 0.524. The van der Waals surface area contributed by atoms with E-state index in [-0.39, 0.29) is 6.10 Å². The van der Waals surface area contributed by atoms with Gasteiger partial charge >= 0.3 is 0 Å². The number of aliphatic hydroxyl groups is 1. The van der Waals surface area contributed by atoms with Gasteiger partial charge in [0.2, 0.25) is 0 Å². The third-order valence-corrected chi connectivity index (χ3v) is 3.89. The first-order valence-electron chi connectivity index (χ1n) is 8.71. The molecule has 0 radical (unpaired) electrons. The van der Waals surface area contributed by atoms with Crippen molar-refractivity contribution in [1.82, 2.24) is 0 Å². The topological polar surface area (TPSA) is 37.3 Å². The van der Waals surface area contributed by atoms with Crippen LogP contribution in [0.3, 0.4) is 0 Å². The minimum absolute atomic E-state index is 0.346. The fourth-order valence-corrected chi connectivity index (χ4v) is 2.31. The Morgan fingerprint density at radius 2 is 1.23 bits per heavy atom. The molecule has 0 aliphatic rings. The fraction of sp³-hybridized carbons (Fsp3) is 0.208. The molecule has 1 unspecified atom stereocenters. The number of carbonyl (C=O) groups is 1. The van der Waals surface area contributed by atoms with Crippen molar-refractivity contribution in [3.8, 4) is 0 Å². The number of benzene rings is 3. The largest absolute Gasteiger partial charge is 0.389 e. The summed E-state index contributed by atoms with van der Waals surface area (Å²) in [6, 6.07) is 25.6. The zero-order valence-corrected chi connectivity index (χ0v) is 16.0. The average Bonchev–Trinajstić information content (AvgIpc) is 2.64. The van der Waals surface area contributed by atoms with Gasteiger partial charge in [-0.15, -0.1) is 0 Å². The Kier molecular flexibility index (Phi) is 9.66. The van der Waals surface area contributed by atoms with Crippen molar-refractivity contribution in [3.63, 3.8) is 0 Å². The SMILES string of the molecule is Cc1ccccc1.Cc1ccccc1C(C)O.Cc1ccccc1C=O. The molecule has 0 heterocycles. The van der Waals surface area contributed by atoms with Gasteiger partial charge in [-0.1, -0.05) is 84.4 Å². The lowest BCUT2D eigenvalue weighted by Crippen LogP contribution is -1.92. The van der Waals surface area contributed by atoms with Crippen LogP contribution < -0.4 is 0 Å². The number of aliphatic hydroxyl groups excluding tert-OH is 1. The van der Waals surface area contributed by atoms with Crippen molar-refractivity contribution in [3.05, 3.63) is 107 Å². The van der Waals surface area contributed by atoms with Crippen molar-refractivity contribution in [2.75, 3.05) is 0 Å². The van der Waals surface area contributed by atoms with Crippen molar-refractivity contribution in [1.29, 1.82) is 0 Å². The van der Waals surface area contributed by atoms with Gasteiger partial charge in [0, 0.05) is 5.56 Å². The molecule has 0 aromatic heterocycles. The van der Waals surface area contributed by atoms with Crippen LogP contribution >= 0.6 is 0 Å². The second-order valence-electron chi connectivity index (χ2n) is 6.16. The van der Waals surface area contributed by atoms with E-state index in [1.807, 2.05) is 80.6 Å². The first kappa shape index (κ1) is 21.3. The molecule has 26 heavy (non-hydrogen) atoms. The quantitative estimate of drug-likeness (QED) is 0.590. The lowest BCUT2D eigenvalue weighted by atomic mass is 10.1. The van der Waals surface area contributed by atoms with E-state index in [0.717, 1.165) is 28.5 Å². The van der Waals surface area contributed by atoms with Gasteiger partial charge in [-0.2, -0.15) is 0 Å². The van der Waals surface area contributed by atoms with E-state index in [4.69, 9.17) is 0 Å². The molecular formula is C24H28O2. The number of aryl methyl sites for hydroxylation is 3. The Labute approximate surface area is 157 Å². The monoisotopic (exact) mass is 348 g/mol. The highest BCUT2D eigenvalue weighted by atomic mass is 16.3. The van der Waals surface area contributed by atoms with Gasteiger partial charge in [-0.05, 0) is 44.4 Å². The van der Waals surface area contributed by atoms with Crippen molar-refractivity contribution < 1.29 is 9.90 Å².